The highest BCUT2D eigenvalue weighted by Crippen LogP contribution is 2.25. The first-order valence-corrected chi connectivity index (χ1v) is 8.26. The van der Waals surface area contributed by atoms with Gasteiger partial charge in [0.15, 0.2) is 0 Å². The molecule has 5 nitrogen and oxygen atoms in total. The molecule has 1 aliphatic rings. The van der Waals surface area contributed by atoms with Crippen molar-refractivity contribution in [2.24, 2.45) is 5.92 Å². The second kappa shape index (κ2) is 6.02. The van der Waals surface area contributed by atoms with Gasteiger partial charge < -0.3 is 10.1 Å². The molecule has 1 fully saturated rings. The van der Waals surface area contributed by atoms with Crippen molar-refractivity contribution in [1.82, 2.24) is 5.32 Å². The van der Waals surface area contributed by atoms with Crippen molar-refractivity contribution in [3.8, 4) is 0 Å². The van der Waals surface area contributed by atoms with Crippen LogP contribution in [0.4, 0.5) is 0 Å². The Morgan fingerprint density at radius 3 is 2.33 bits per heavy atom. The molecule has 0 saturated carbocycles. The first-order chi connectivity index (χ1) is 8.31. The molecule has 0 aromatic carbocycles. The smallest absolute Gasteiger partial charge is 0.326 e. The third kappa shape index (κ3) is 3.95. The van der Waals surface area contributed by atoms with Crippen molar-refractivity contribution < 1.29 is 17.9 Å². The topological polar surface area (TPSA) is 72.5 Å². The summed E-state index contributed by atoms with van der Waals surface area (Å²) in [6.45, 7) is 6.85. The largest absolute Gasteiger partial charge is 0.465 e. The van der Waals surface area contributed by atoms with Crippen LogP contribution in [-0.2, 0) is 19.4 Å². The number of carbonyl (C=O) groups excluding carboxylic acids is 1. The molecule has 0 amide bonds. The molecule has 1 aliphatic heterocycles. The third-order valence-electron chi connectivity index (χ3n) is 3.19. The van der Waals surface area contributed by atoms with Crippen LogP contribution in [-0.4, -0.2) is 44.6 Å². The number of hydrogen-bond acceptors (Lipinski definition) is 5. The number of sulfone groups is 1. The Kier molecular flexibility index (Phi) is 5.16. The van der Waals surface area contributed by atoms with Crippen LogP contribution in [0.2, 0.25) is 0 Å². The lowest BCUT2D eigenvalue weighted by atomic mass is 9.91. The first-order valence-electron chi connectivity index (χ1n) is 6.44. The van der Waals surface area contributed by atoms with Crippen LogP contribution in [0.5, 0.6) is 0 Å². The first kappa shape index (κ1) is 15.4. The quantitative estimate of drug-likeness (QED) is 0.751. The van der Waals surface area contributed by atoms with Crippen LogP contribution in [0.3, 0.4) is 0 Å². The van der Waals surface area contributed by atoms with Crippen LogP contribution in [0.1, 0.15) is 33.6 Å². The maximum Gasteiger partial charge on any atom is 0.326 e. The predicted molar refractivity (Wildman–Crippen MR) is 70.1 cm³/mol. The van der Waals surface area contributed by atoms with Gasteiger partial charge in [-0.1, -0.05) is 13.8 Å². The minimum absolute atomic E-state index is 0.0525. The Bertz CT molecular complexity index is 375. The molecule has 18 heavy (non-hydrogen) atoms. The van der Waals surface area contributed by atoms with Crippen LogP contribution in [0.25, 0.3) is 0 Å². The fourth-order valence-corrected chi connectivity index (χ4v) is 3.53. The number of nitrogens with one attached hydrogen (secondary N) is 1. The van der Waals surface area contributed by atoms with Gasteiger partial charge in [0.05, 0.1) is 18.1 Å². The summed E-state index contributed by atoms with van der Waals surface area (Å²) in [4.78, 5) is 12.1. The van der Waals surface area contributed by atoms with Gasteiger partial charge in [-0.2, -0.15) is 0 Å². The molecule has 6 heteroatoms. The molecule has 106 valence electrons. The Morgan fingerprint density at radius 1 is 1.33 bits per heavy atom. The summed E-state index contributed by atoms with van der Waals surface area (Å²) < 4.78 is 28.0. The van der Waals surface area contributed by atoms with Crippen LogP contribution < -0.4 is 5.32 Å². The second-order valence-corrected chi connectivity index (χ2v) is 7.53. The van der Waals surface area contributed by atoms with Gasteiger partial charge in [0.2, 0.25) is 0 Å². The van der Waals surface area contributed by atoms with Crippen molar-refractivity contribution in [3.63, 3.8) is 0 Å². The summed E-state index contributed by atoms with van der Waals surface area (Å²) in [5, 5.41) is 3.22. The van der Waals surface area contributed by atoms with Crippen molar-refractivity contribution in [2.45, 2.75) is 39.2 Å². The van der Waals surface area contributed by atoms with E-state index >= 15 is 0 Å². The van der Waals surface area contributed by atoms with Crippen LogP contribution >= 0.6 is 0 Å². The third-order valence-corrected chi connectivity index (χ3v) is 4.85. The van der Waals surface area contributed by atoms with Gasteiger partial charge in [-0.15, -0.1) is 0 Å². The normalized spacial score (nSPS) is 21.8. The van der Waals surface area contributed by atoms with E-state index in [1.807, 2.05) is 13.8 Å². The van der Waals surface area contributed by atoms with E-state index in [1.165, 1.54) is 0 Å². The highest BCUT2D eigenvalue weighted by molar-refractivity contribution is 7.91. The zero-order valence-corrected chi connectivity index (χ0v) is 12.2. The van der Waals surface area contributed by atoms with E-state index < -0.39 is 15.4 Å². The highest BCUT2D eigenvalue weighted by atomic mass is 32.2. The van der Waals surface area contributed by atoms with E-state index in [0.717, 1.165) is 0 Å². The van der Waals surface area contributed by atoms with E-state index in [2.05, 4.69) is 5.32 Å². The van der Waals surface area contributed by atoms with Gasteiger partial charge in [0.25, 0.3) is 0 Å². The van der Waals surface area contributed by atoms with Gasteiger partial charge in [-0.25, -0.2) is 8.42 Å². The Labute approximate surface area is 109 Å². The maximum atomic E-state index is 12.1. The molecule has 0 radical (unpaired) electrons. The number of rotatable bonds is 5. The molecular formula is C12H23NO4S. The predicted octanol–water partition coefficient (Wildman–Crippen LogP) is 0.742. The zero-order chi connectivity index (χ0) is 13.8. The highest BCUT2D eigenvalue weighted by Gasteiger charge is 2.44. The zero-order valence-electron chi connectivity index (χ0n) is 11.4. The number of ether oxygens (including phenoxy) is 1. The number of carbonyl (C=O) groups is 1. The van der Waals surface area contributed by atoms with Gasteiger partial charge in [-0.05, 0) is 32.2 Å². The molecule has 0 aromatic rings. The molecule has 0 aromatic heterocycles. The van der Waals surface area contributed by atoms with E-state index in [1.54, 1.807) is 6.92 Å². The average Bonchev–Trinajstić information content (AvgIpc) is 2.28. The molecule has 0 atom stereocenters. The fraction of sp³-hybridized carbons (Fsp3) is 0.917. The van der Waals surface area contributed by atoms with Gasteiger partial charge in [0.1, 0.15) is 15.4 Å². The summed E-state index contributed by atoms with van der Waals surface area (Å²) in [6.07, 6.45) is 0.613. The summed E-state index contributed by atoms with van der Waals surface area (Å²) in [5.41, 5.74) is -0.814. The minimum atomic E-state index is -2.99. The number of esters is 1. The van der Waals surface area contributed by atoms with Crippen LogP contribution in [0, 0.1) is 5.92 Å². The maximum absolute atomic E-state index is 12.1. The van der Waals surface area contributed by atoms with E-state index in [-0.39, 0.29) is 17.5 Å². The van der Waals surface area contributed by atoms with Crippen molar-refractivity contribution in [1.29, 1.82) is 0 Å². The summed E-state index contributed by atoms with van der Waals surface area (Å²) in [6, 6.07) is 0. The Hall–Kier alpha value is -0.620. The lowest BCUT2D eigenvalue weighted by Gasteiger charge is -2.36. The SMILES string of the molecule is CCOC(=O)C1(NCC(C)C)CCS(=O)(=O)CC1. The van der Waals surface area contributed by atoms with E-state index in [4.69, 9.17) is 4.74 Å². The molecule has 1 rings (SSSR count). The van der Waals surface area contributed by atoms with Crippen molar-refractivity contribution in [3.05, 3.63) is 0 Å². The van der Waals surface area contributed by atoms with E-state index in [0.29, 0.717) is 31.9 Å². The minimum Gasteiger partial charge on any atom is -0.465 e. The van der Waals surface area contributed by atoms with Crippen molar-refractivity contribution in [2.75, 3.05) is 24.7 Å². The monoisotopic (exact) mass is 277 g/mol. The summed E-state index contributed by atoms with van der Waals surface area (Å²) in [7, 11) is -2.99. The van der Waals surface area contributed by atoms with Gasteiger partial charge in [0, 0.05) is 0 Å². The molecule has 1 N–H and O–H groups in total. The molecule has 0 unspecified atom stereocenters. The van der Waals surface area contributed by atoms with Gasteiger partial charge >= 0.3 is 5.97 Å². The molecule has 0 bridgehead atoms. The second-order valence-electron chi connectivity index (χ2n) is 5.23. The molecule has 1 heterocycles. The fourth-order valence-electron chi connectivity index (χ4n) is 2.01. The number of hydrogen-bond donors (Lipinski definition) is 1. The Balaban J connectivity index is 2.79. The lowest BCUT2D eigenvalue weighted by molar-refractivity contribution is -0.151. The summed E-state index contributed by atoms with van der Waals surface area (Å²) >= 11 is 0. The molecule has 0 aliphatic carbocycles. The average molecular weight is 277 g/mol. The standard InChI is InChI=1S/C12H23NO4S/c1-4-17-11(14)12(13-9-10(2)3)5-7-18(15,16)8-6-12/h10,13H,4-9H2,1-3H3. The van der Waals surface area contributed by atoms with Crippen molar-refractivity contribution >= 4 is 15.8 Å². The Morgan fingerprint density at radius 2 is 1.89 bits per heavy atom. The lowest BCUT2D eigenvalue weighted by Crippen LogP contribution is -2.58. The summed E-state index contributed by atoms with van der Waals surface area (Å²) in [5.74, 6) is 0.184. The van der Waals surface area contributed by atoms with E-state index in [9.17, 15) is 13.2 Å². The van der Waals surface area contributed by atoms with Crippen LogP contribution in [0.15, 0.2) is 0 Å². The molecule has 1 saturated heterocycles. The molecule has 0 spiro atoms. The van der Waals surface area contributed by atoms with Gasteiger partial charge in [-0.3, -0.25) is 4.79 Å². The molecular weight excluding hydrogens is 254 g/mol.